The molecule has 0 amide bonds. The van der Waals surface area contributed by atoms with Crippen molar-refractivity contribution in [2.75, 3.05) is 17.2 Å². The van der Waals surface area contributed by atoms with Gasteiger partial charge < -0.3 is 19.9 Å². The molecule has 152 valence electrons. The molecule has 0 aliphatic heterocycles. The Morgan fingerprint density at radius 1 is 1.00 bits per heavy atom. The van der Waals surface area contributed by atoms with Gasteiger partial charge in [-0.2, -0.15) is 0 Å². The standard InChI is InChI=1S/C21H22N2O4S2.Na/c1-2-3-14-27-16-10-8-15(9-11-16)22-21(28)23-19-12-13-20(29(24,25)26)18-7-5-4-6-17(18)19;/h4-13H,2-3,14H2,1H3,(H2,22,23,28)(H,24,25,26);/q;+1/p-1. The molecule has 0 atom stereocenters. The predicted octanol–water partition coefficient (Wildman–Crippen LogP) is 1.74. The average molecular weight is 453 g/mol. The van der Waals surface area contributed by atoms with Crippen molar-refractivity contribution in [3.8, 4) is 5.75 Å². The maximum absolute atomic E-state index is 11.5. The molecule has 0 spiro atoms. The molecule has 9 heteroatoms. The van der Waals surface area contributed by atoms with E-state index in [1.807, 2.05) is 24.3 Å². The SMILES string of the molecule is CCCCOc1ccc(NC(=S)Nc2ccc(S(=O)(=O)[O-])c3ccccc23)cc1.[Na+]. The van der Waals surface area contributed by atoms with Gasteiger partial charge in [0.2, 0.25) is 0 Å². The van der Waals surface area contributed by atoms with Crippen molar-refractivity contribution >= 4 is 49.6 Å². The van der Waals surface area contributed by atoms with Gasteiger partial charge in [0, 0.05) is 22.1 Å². The molecule has 0 unspecified atom stereocenters. The first-order valence-corrected chi connectivity index (χ1v) is 11.0. The van der Waals surface area contributed by atoms with Crippen LogP contribution in [0.4, 0.5) is 11.4 Å². The number of benzene rings is 3. The molecule has 0 aromatic heterocycles. The molecule has 6 nitrogen and oxygen atoms in total. The van der Waals surface area contributed by atoms with E-state index in [1.54, 1.807) is 24.3 Å². The quantitative estimate of drug-likeness (QED) is 0.244. The second-order valence-electron chi connectivity index (χ2n) is 6.42. The molecule has 0 aliphatic carbocycles. The molecule has 2 N–H and O–H groups in total. The molecular formula is C21H21N2NaO4S2. The smallest absolute Gasteiger partial charge is 0.744 e. The summed E-state index contributed by atoms with van der Waals surface area (Å²) in [5, 5.41) is 7.42. The fourth-order valence-corrected chi connectivity index (χ4v) is 3.76. The summed E-state index contributed by atoms with van der Waals surface area (Å²) < 4.78 is 40.2. The Morgan fingerprint density at radius 3 is 2.30 bits per heavy atom. The number of hydrogen-bond acceptors (Lipinski definition) is 5. The zero-order valence-corrected chi connectivity index (χ0v) is 20.5. The summed E-state index contributed by atoms with van der Waals surface area (Å²) in [4.78, 5) is -0.254. The molecule has 0 saturated heterocycles. The maximum atomic E-state index is 11.5. The van der Waals surface area contributed by atoms with E-state index < -0.39 is 10.1 Å². The minimum Gasteiger partial charge on any atom is -0.744 e. The topological polar surface area (TPSA) is 90.5 Å². The van der Waals surface area contributed by atoms with Crippen LogP contribution in [0.2, 0.25) is 0 Å². The number of unbranched alkanes of at least 4 members (excludes halogenated alkanes) is 1. The van der Waals surface area contributed by atoms with E-state index >= 15 is 0 Å². The van der Waals surface area contributed by atoms with Gasteiger partial charge in [0.05, 0.1) is 11.5 Å². The van der Waals surface area contributed by atoms with E-state index in [2.05, 4.69) is 17.6 Å². The Morgan fingerprint density at radius 2 is 1.67 bits per heavy atom. The Kier molecular flexibility index (Phi) is 9.09. The number of ether oxygens (including phenoxy) is 1. The summed E-state index contributed by atoms with van der Waals surface area (Å²) in [5.41, 5.74) is 1.39. The third-order valence-electron chi connectivity index (χ3n) is 4.28. The molecule has 0 aliphatic rings. The summed E-state index contributed by atoms with van der Waals surface area (Å²) in [6, 6.07) is 17.1. The molecule has 0 heterocycles. The van der Waals surface area contributed by atoms with Crippen molar-refractivity contribution < 1.29 is 47.3 Å². The van der Waals surface area contributed by atoms with Gasteiger partial charge in [0.15, 0.2) is 5.11 Å². The summed E-state index contributed by atoms with van der Waals surface area (Å²) in [7, 11) is -4.57. The summed E-state index contributed by atoms with van der Waals surface area (Å²) in [5.74, 6) is 0.795. The largest absolute Gasteiger partial charge is 1.00 e. The maximum Gasteiger partial charge on any atom is 1.00 e. The van der Waals surface area contributed by atoms with Gasteiger partial charge in [0.25, 0.3) is 0 Å². The van der Waals surface area contributed by atoms with Crippen LogP contribution in [0.25, 0.3) is 10.8 Å². The zero-order valence-electron chi connectivity index (χ0n) is 16.8. The van der Waals surface area contributed by atoms with Crippen LogP contribution in [0.1, 0.15) is 19.8 Å². The molecule has 0 fully saturated rings. The zero-order chi connectivity index (χ0) is 20.9. The number of rotatable bonds is 7. The number of nitrogens with one attached hydrogen (secondary N) is 2. The van der Waals surface area contributed by atoms with E-state index in [-0.39, 0.29) is 34.5 Å². The summed E-state index contributed by atoms with van der Waals surface area (Å²) in [6.45, 7) is 2.80. The Bertz CT molecular complexity index is 1120. The Labute approximate surface area is 204 Å². The van der Waals surface area contributed by atoms with Gasteiger partial charge in [-0.25, -0.2) is 8.42 Å². The summed E-state index contributed by atoms with van der Waals surface area (Å²) in [6.07, 6.45) is 2.09. The number of thiocarbonyl (C=S) groups is 1. The van der Waals surface area contributed by atoms with Crippen molar-refractivity contribution in [2.24, 2.45) is 0 Å². The van der Waals surface area contributed by atoms with Crippen molar-refractivity contribution in [1.29, 1.82) is 0 Å². The van der Waals surface area contributed by atoms with E-state index in [0.29, 0.717) is 28.2 Å². The van der Waals surface area contributed by atoms with E-state index in [4.69, 9.17) is 17.0 Å². The minimum absolute atomic E-state index is 0. The first-order valence-electron chi connectivity index (χ1n) is 9.17. The molecule has 0 radical (unpaired) electrons. The van der Waals surface area contributed by atoms with E-state index in [0.717, 1.165) is 24.3 Å². The molecule has 30 heavy (non-hydrogen) atoms. The normalized spacial score (nSPS) is 10.9. The van der Waals surface area contributed by atoms with Crippen LogP contribution in [0.15, 0.2) is 65.6 Å². The molecular weight excluding hydrogens is 431 g/mol. The molecule has 3 rings (SSSR count). The number of hydrogen-bond donors (Lipinski definition) is 2. The van der Waals surface area contributed by atoms with Crippen LogP contribution in [0.5, 0.6) is 5.75 Å². The van der Waals surface area contributed by atoms with E-state index in [9.17, 15) is 13.0 Å². The Hall–Kier alpha value is -1.68. The van der Waals surface area contributed by atoms with Gasteiger partial charge in [-0.1, -0.05) is 37.6 Å². The van der Waals surface area contributed by atoms with Gasteiger partial charge >= 0.3 is 29.6 Å². The van der Waals surface area contributed by atoms with Crippen LogP contribution in [-0.4, -0.2) is 24.7 Å². The molecule has 0 saturated carbocycles. The predicted molar refractivity (Wildman–Crippen MR) is 119 cm³/mol. The van der Waals surface area contributed by atoms with Crippen LogP contribution in [-0.2, 0) is 10.1 Å². The molecule has 0 bridgehead atoms. The molecule has 3 aromatic carbocycles. The average Bonchev–Trinajstić information content (AvgIpc) is 2.69. The minimum atomic E-state index is -4.57. The van der Waals surface area contributed by atoms with Crippen LogP contribution in [0.3, 0.4) is 0 Å². The third-order valence-corrected chi connectivity index (χ3v) is 5.38. The molecule has 3 aromatic rings. The fraction of sp³-hybridized carbons (Fsp3) is 0.190. The first-order chi connectivity index (χ1) is 13.9. The monoisotopic (exact) mass is 452 g/mol. The number of fused-ring (bicyclic) bond motifs is 1. The van der Waals surface area contributed by atoms with Gasteiger partial charge in [-0.05, 0) is 55.0 Å². The first kappa shape index (κ1) is 24.6. The summed E-state index contributed by atoms with van der Waals surface area (Å²) >= 11 is 5.37. The Balaban J connectivity index is 0.00000320. The second-order valence-corrected chi connectivity index (χ2v) is 8.17. The van der Waals surface area contributed by atoms with Crippen molar-refractivity contribution in [1.82, 2.24) is 0 Å². The van der Waals surface area contributed by atoms with Gasteiger partial charge in [-0.15, -0.1) is 0 Å². The van der Waals surface area contributed by atoms with Crippen LogP contribution in [0, 0.1) is 0 Å². The van der Waals surface area contributed by atoms with Gasteiger partial charge in [-0.3, -0.25) is 0 Å². The van der Waals surface area contributed by atoms with E-state index in [1.165, 1.54) is 12.1 Å². The van der Waals surface area contributed by atoms with Crippen molar-refractivity contribution in [3.63, 3.8) is 0 Å². The third kappa shape index (κ3) is 6.41. The fourth-order valence-electron chi connectivity index (χ4n) is 2.85. The van der Waals surface area contributed by atoms with Crippen LogP contribution < -0.4 is 44.9 Å². The number of anilines is 2. The van der Waals surface area contributed by atoms with Crippen molar-refractivity contribution in [2.45, 2.75) is 24.7 Å². The van der Waals surface area contributed by atoms with Gasteiger partial charge in [0.1, 0.15) is 15.9 Å². The second kappa shape index (κ2) is 11.1. The van der Waals surface area contributed by atoms with Crippen molar-refractivity contribution in [3.05, 3.63) is 60.7 Å². The van der Waals surface area contributed by atoms with Crippen LogP contribution >= 0.6 is 12.2 Å².